The van der Waals surface area contributed by atoms with Gasteiger partial charge >= 0.3 is 0 Å². The van der Waals surface area contributed by atoms with Crippen LogP contribution in [-0.2, 0) is 10.0 Å². The minimum Gasteiger partial charge on any atom is -0.454 e. The zero-order valence-electron chi connectivity index (χ0n) is 20.6. The Balaban J connectivity index is 1.77. The lowest BCUT2D eigenvalue weighted by molar-refractivity contribution is 0.0949. The first-order valence-corrected chi connectivity index (χ1v) is 13.7. The molecule has 0 aliphatic carbocycles. The maximum Gasteiger partial charge on any atom is 0.251 e. The SMILES string of the molecule is CCCCNc1cc(C(=O)NCCCN2CCN(C)CC2)cc(S(N)(=O)=O)c1Oc1ccccc1. The standard InChI is InChI=1S/C25H37N5O4S/c1-3-4-11-27-22-18-20(25(31)28-12-8-13-30-16-14-29(2)15-17-30)19-23(35(26,32)33)24(22)34-21-9-6-5-7-10-21/h5-7,9-10,18-19,27H,3-4,8,11-17H2,1-2H3,(H,28,31)(H2,26,32,33). The van der Waals surface area contributed by atoms with Crippen LogP contribution in [0.5, 0.6) is 11.5 Å². The molecular formula is C25H37N5O4S. The summed E-state index contributed by atoms with van der Waals surface area (Å²) in [6.07, 6.45) is 2.64. The van der Waals surface area contributed by atoms with E-state index in [9.17, 15) is 13.2 Å². The number of anilines is 1. The van der Waals surface area contributed by atoms with Gasteiger partial charge in [0.15, 0.2) is 5.75 Å². The summed E-state index contributed by atoms with van der Waals surface area (Å²) in [6, 6.07) is 11.8. The fourth-order valence-corrected chi connectivity index (χ4v) is 4.57. The number of ether oxygens (including phenoxy) is 1. The van der Waals surface area contributed by atoms with E-state index >= 15 is 0 Å². The first-order chi connectivity index (χ1) is 16.8. The largest absolute Gasteiger partial charge is 0.454 e. The van der Waals surface area contributed by atoms with E-state index in [0.717, 1.165) is 52.0 Å². The molecule has 192 valence electrons. The molecule has 1 saturated heterocycles. The summed E-state index contributed by atoms with van der Waals surface area (Å²) >= 11 is 0. The molecule has 0 unspecified atom stereocenters. The number of nitrogens with two attached hydrogens (primary N) is 1. The third kappa shape index (κ3) is 8.21. The molecule has 1 aliphatic rings. The molecule has 2 aromatic rings. The lowest BCUT2D eigenvalue weighted by Crippen LogP contribution is -2.45. The highest BCUT2D eigenvalue weighted by atomic mass is 32.2. The van der Waals surface area contributed by atoms with Crippen LogP contribution in [0.2, 0.25) is 0 Å². The van der Waals surface area contributed by atoms with E-state index in [0.29, 0.717) is 24.5 Å². The Kier molecular flexibility index (Phi) is 9.91. The van der Waals surface area contributed by atoms with Crippen LogP contribution >= 0.6 is 0 Å². The first-order valence-electron chi connectivity index (χ1n) is 12.1. The predicted molar refractivity (Wildman–Crippen MR) is 139 cm³/mol. The van der Waals surface area contributed by atoms with Crippen molar-refractivity contribution in [1.82, 2.24) is 15.1 Å². The number of likely N-dealkylation sites (N-methyl/N-ethyl adjacent to an activating group) is 1. The van der Waals surface area contributed by atoms with Crippen LogP contribution in [0.3, 0.4) is 0 Å². The van der Waals surface area contributed by atoms with E-state index in [-0.39, 0.29) is 22.1 Å². The number of primary sulfonamides is 1. The number of sulfonamides is 1. The van der Waals surface area contributed by atoms with Crippen molar-refractivity contribution >= 4 is 21.6 Å². The summed E-state index contributed by atoms with van der Waals surface area (Å²) in [5.74, 6) is 0.205. The number of benzene rings is 2. The normalized spacial score (nSPS) is 15.1. The molecule has 9 nitrogen and oxygen atoms in total. The molecule has 0 atom stereocenters. The summed E-state index contributed by atoms with van der Waals surface area (Å²) in [7, 11) is -2.04. The topological polar surface area (TPSA) is 117 Å². The number of carbonyl (C=O) groups is 1. The average Bonchev–Trinajstić information content (AvgIpc) is 2.83. The molecule has 35 heavy (non-hydrogen) atoms. The highest BCUT2D eigenvalue weighted by Crippen LogP contribution is 2.37. The second-order valence-electron chi connectivity index (χ2n) is 8.85. The molecule has 0 spiro atoms. The number of carbonyl (C=O) groups excluding carboxylic acids is 1. The number of nitrogens with zero attached hydrogens (tertiary/aromatic N) is 2. The van der Waals surface area contributed by atoms with Crippen molar-refractivity contribution in [3.8, 4) is 11.5 Å². The van der Waals surface area contributed by atoms with Crippen LogP contribution in [-0.4, -0.2) is 77.0 Å². The molecular weight excluding hydrogens is 466 g/mol. The minimum atomic E-state index is -4.16. The van der Waals surface area contributed by atoms with Crippen LogP contribution < -0.4 is 20.5 Å². The maximum absolute atomic E-state index is 12.9. The van der Waals surface area contributed by atoms with Crippen molar-refractivity contribution in [2.24, 2.45) is 5.14 Å². The molecule has 1 heterocycles. The maximum atomic E-state index is 12.9. The van der Waals surface area contributed by atoms with Gasteiger partial charge in [0.1, 0.15) is 10.6 Å². The molecule has 4 N–H and O–H groups in total. The first kappa shape index (κ1) is 26.9. The fourth-order valence-electron chi connectivity index (χ4n) is 3.87. The molecule has 1 aliphatic heterocycles. The predicted octanol–water partition coefficient (Wildman–Crippen LogP) is 2.71. The minimum absolute atomic E-state index is 0.0846. The molecule has 0 bridgehead atoms. The van der Waals surface area contributed by atoms with Crippen molar-refractivity contribution in [2.75, 3.05) is 58.2 Å². The molecule has 0 radical (unpaired) electrons. The quantitative estimate of drug-likeness (QED) is 0.381. The second-order valence-corrected chi connectivity index (χ2v) is 10.4. The molecule has 2 aromatic carbocycles. The molecule has 10 heteroatoms. The Morgan fingerprint density at radius 3 is 2.43 bits per heavy atom. The monoisotopic (exact) mass is 503 g/mol. The second kappa shape index (κ2) is 12.9. The van der Waals surface area contributed by atoms with Crippen molar-refractivity contribution in [1.29, 1.82) is 0 Å². The highest BCUT2D eigenvalue weighted by Gasteiger charge is 2.23. The van der Waals surface area contributed by atoms with E-state index < -0.39 is 10.0 Å². The number of hydrogen-bond donors (Lipinski definition) is 3. The Morgan fingerprint density at radius 2 is 1.77 bits per heavy atom. The number of piperazine rings is 1. The summed E-state index contributed by atoms with van der Waals surface area (Å²) in [4.78, 5) is 17.4. The summed E-state index contributed by atoms with van der Waals surface area (Å²) in [5.41, 5.74) is 0.629. The van der Waals surface area contributed by atoms with Crippen LogP contribution in [0, 0.1) is 0 Å². The van der Waals surface area contributed by atoms with Crippen LogP contribution in [0.4, 0.5) is 5.69 Å². The van der Waals surface area contributed by atoms with Crippen molar-refractivity contribution in [3.05, 3.63) is 48.0 Å². The molecule has 3 rings (SSSR count). The third-order valence-corrected chi connectivity index (χ3v) is 6.88. The van der Waals surface area contributed by atoms with Gasteiger partial charge in [-0.3, -0.25) is 4.79 Å². The van der Waals surface area contributed by atoms with Gasteiger partial charge in [-0.2, -0.15) is 0 Å². The Morgan fingerprint density at radius 1 is 1.06 bits per heavy atom. The van der Waals surface area contributed by atoms with Gasteiger partial charge in [-0.25, -0.2) is 13.6 Å². The summed E-state index contributed by atoms with van der Waals surface area (Å²) in [5, 5.41) is 11.7. The van der Waals surface area contributed by atoms with Gasteiger partial charge in [-0.1, -0.05) is 31.5 Å². The zero-order valence-corrected chi connectivity index (χ0v) is 21.4. The number of hydrogen-bond acceptors (Lipinski definition) is 7. The Hall–Kier alpha value is -2.66. The average molecular weight is 504 g/mol. The molecule has 0 aromatic heterocycles. The Labute approximate surface area is 208 Å². The highest BCUT2D eigenvalue weighted by molar-refractivity contribution is 7.89. The number of rotatable bonds is 12. The van der Waals surface area contributed by atoms with E-state index in [2.05, 4.69) is 34.4 Å². The van der Waals surface area contributed by atoms with E-state index in [1.54, 1.807) is 30.3 Å². The van der Waals surface area contributed by atoms with Crippen molar-refractivity contribution in [2.45, 2.75) is 31.1 Å². The van der Waals surface area contributed by atoms with Gasteiger partial charge in [0, 0.05) is 44.8 Å². The number of nitrogens with one attached hydrogen (secondary N) is 2. The summed E-state index contributed by atoms with van der Waals surface area (Å²) in [6.45, 7) is 8.21. The smallest absolute Gasteiger partial charge is 0.251 e. The van der Waals surface area contributed by atoms with E-state index in [1.165, 1.54) is 6.07 Å². The van der Waals surface area contributed by atoms with Gasteiger partial charge in [-0.15, -0.1) is 0 Å². The summed E-state index contributed by atoms with van der Waals surface area (Å²) < 4.78 is 30.9. The molecule has 1 fully saturated rings. The molecule has 1 amide bonds. The lowest BCUT2D eigenvalue weighted by Gasteiger charge is -2.32. The van der Waals surface area contributed by atoms with Gasteiger partial charge in [-0.05, 0) is 50.7 Å². The van der Waals surface area contributed by atoms with Gasteiger partial charge < -0.3 is 25.2 Å². The van der Waals surface area contributed by atoms with Crippen LogP contribution in [0.1, 0.15) is 36.5 Å². The van der Waals surface area contributed by atoms with Gasteiger partial charge in [0.25, 0.3) is 5.91 Å². The van der Waals surface area contributed by atoms with E-state index in [1.807, 2.05) is 6.07 Å². The van der Waals surface area contributed by atoms with Gasteiger partial charge in [0.05, 0.1) is 5.69 Å². The number of unbranched alkanes of at least 4 members (excludes halogenated alkanes) is 1. The van der Waals surface area contributed by atoms with Crippen LogP contribution in [0.25, 0.3) is 0 Å². The Bertz CT molecular complexity index is 1070. The number of para-hydroxylation sites is 1. The van der Waals surface area contributed by atoms with Crippen molar-refractivity contribution in [3.63, 3.8) is 0 Å². The van der Waals surface area contributed by atoms with Crippen molar-refractivity contribution < 1.29 is 17.9 Å². The molecule has 0 saturated carbocycles. The number of amides is 1. The zero-order chi connectivity index (χ0) is 25.3. The lowest BCUT2D eigenvalue weighted by atomic mass is 10.1. The third-order valence-electron chi connectivity index (χ3n) is 5.97. The van der Waals surface area contributed by atoms with E-state index in [4.69, 9.17) is 9.88 Å². The fraction of sp³-hybridized carbons (Fsp3) is 0.480. The van der Waals surface area contributed by atoms with Gasteiger partial charge in [0.2, 0.25) is 10.0 Å². The van der Waals surface area contributed by atoms with Crippen LogP contribution in [0.15, 0.2) is 47.4 Å².